The number of nitrogens with zero attached hydrogens (tertiary/aromatic N) is 3. The third-order valence-electron chi connectivity index (χ3n) is 3.87. The Bertz CT molecular complexity index is 881. The van der Waals surface area contributed by atoms with E-state index in [0.717, 1.165) is 5.56 Å². The van der Waals surface area contributed by atoms with Crippen molar-refractivity contribution in [2.45, 2.75) is 18.1 Å². The normalized spacial score (nSPS) is 16.7. The molecule has 1 aromatic carbocycles. The molecule has 0 saturated heterocycles. The van der Waals surface area contributed by atoms with Gasteiger partial charge in [-0.2, -0.15) is 0 Å². The summed E-state index contributed by atoms with van der Waals surface area (Å²) in [7, 11) is 1.82. The van der Waals surface area contributed by atoms with E-state index in [1.54, 1.807) is 42.1 Å². The van der Waals surface area contributed by atoms with Crippen LogP contribution >= 0.6 is 23.4 Å². The van der Waals surface area contributed by atoms with Crippen molar-refractivity contribution in [1.29, 1.82) is 0 Å². The number of halogens is 1. The summed E-state index contributed by atoms with van der Waals surface area (Å²) < 4.78 is 6.99. The van der Waals surface area contributed by atoms with E-state index in [1.165, 1.54) is 11.8 Å². The van der Waals surface area contributed by atoms with E-state index in [2.05, 4.69) is 20.8 Å². The number of rotatable bonds is 6. The quantitative estimate of drug-likeness (QED) is 0.563. The number of nitrogens with one attached hydrogen (secondary N) is 2. The van der Waals surface area contributed by atoms with Crippen LogP contribution in [0.4, 0.5) is 4.79 Å². The number of benzene rings is 1. The van der Waals surface area contributed by atoms with Gasteiger partial charge in [-0.1, -0.05) is 35.5 Å². The average Bonchev–Trinajstić information content (AvgIpc) is 3.05. The summed E-state index contributed by atoms with van der Waals surface area (Å²) in [6.45, 7) is 1.96. The number of ether oxygens (including phenoxy) is 1. The fourth-order valence-corrected chi connectivity index (χ4v) is 3.61. The average molecular weight is 408 g/mol. The Morgan fingerprint density at radius 3 is 2.74 bits per heavy atom. The molecule has 1 aromatic heterocycles. The number of hydrogen-bond acceptors (Lipinski definition) is 6. The van der Waals surface area contributed by atoms with E-state index < -0.39 is 18.0 Å². The molecule has 10 heteroatoms. The number of amides is 2. The molecule has 2 amide bonds. The number of esters is 1. The lowest BCUT2D eigenvalue weighted by atomic mass is 9.95. The lowest BCUT2D eigenvalue weighted by molar-refractivity contribution is -0.139. The van der Waals surface area contributed by atoms with Crippen molar-refractivity contribution in [2.24, 2.45) is 7.05 Å². The Hall–Kier alpha value is -2.52. The molecule has 3 rings (SSSR count). The van der Waals surface area contributed by atoms with Crippen LogP contribution in [0.25, 0.3) is 0 Å². The Balaban J connectivity index is 1.97. The summed E-state index contributed by atoms with van der Waals surface area (Å²) in [6, 6.07) is 5.93. The number of thioether (sulfide) groups is 1. The molecule has 0 spiro atoms. The second-order valence-electron chi connectivity index (χ2n) is 5.71. The zero-order valence-corrected chi connectivity index (χ0v) is 16.3. The molecule has 0 saturated carbocycles. The van der Waals surface area contributed by atoms with Crippen LogP contribution in [0, 0.1) is 0 Å². The zero-order valence-electron chi connectivity index (χ0n) is 14.7. The van der Waals surface area contributed by atoms with Crippen molar-refractivity contribution in [3.05, 3.63) is 52.4 Å². The van der Waals surface area contributed by atoms with Crippen LogP contribution in [-0.2, 0) is 16.6 Å². The summed E-state index contributed by atoms with van der Waals surface area (Å²) in [6.07, 6.45) is 1.58. The highest BCUT2D eigenvalue weighted by atomic mass is 35.5. The molecule has 0 radical (unpaired) electrons. The number of aromatic nitrogens is 3. The third-order valence-corrected chi connectivity index (χ3v) is 5.18. The van der Waals surface area contributed by atoms with Crippen molar-refractivity contribution in [3.8, 4) is 0 Å². The first-order chi connectivity index (χ1) is 13.0. The highest BCUT2D eigenvalue weighted by molar-refractivity contribution is 7.99. The first kappa shape index (κ1) is 19.2. The van der Waals surface area contributed by atoms with Gasteiger partial charge in [0, 0.05) is 23.5 Å². The molecular weight excluding hydrogens is 390 g/mol. The highest BCUT2D eigenvalue weighted by Gasteiger charge is 2.33. The number of aryl methyl sites for hydroxylation is 1. The second kappa shape index (κ2) is 8.45. The predicted molar refractivity (Wildman–Crippen MR) is 101 cm³/mol. The molecule has 142 valence electrons. The van der Waals surface area contributed by atoms with Gasteiger partial charge in [-0.25, -0.2) is 9.59 Å². The first-order valence-electron chi connectivity index (χ1n) is 8.19. The maximum atomic E-state index is 12.7. The number of hydrogen-bond donors (Lipinski definition) is 2. The summed E-state index contributed by atoms with van der Waals surface area (Å²) in [5, 5.41) is 14.6. The number of urea groups is 1. The Morgan fingerprint density at radius 2 is 2.11 bits per heavy atom. The van der Waals surface area contributed by atoms with Crippen molar-refractivity contribution >= 4 is 35.4 Å². The van der Waals surface area contributed by atoms with Crippen LogP contribution < -0.4 is 10.6 Å². The molecule has 0 fully saturated rings. The van der Waals surface area contributed by atoms with Crippen LogP contribution in [0.3, 0.4) is 0 Å². The van der Waals surface area contributed by atoms with Crippen molar-refractivity contribution in [3.63, 3.8) is 0 Å². The lowest BCUT2D eigenvalue weighted by Gasteiger charge is -2.29. The van der Waals surface area contributed by atoms with E-state index in [4.69, 9.17) is 16.3 Å². The van der Waals surface area contributed by atoms with Gasteiger partial charge < -0.3 is 19.9 Å². The smallest absolute Gasteiger partial charge is 0.338 e. The van der Waals surface area contributed by atoms with Crippen molar-refractivity contribution < 1.29 is 14.3 Å². The Labute approximate surface area is 165 Å². The van der Waals surface area contributed by atoms with E-state index in [-0.39, 0.29) is 6.61 Å². The van der Waals surface area contributed by atoms with Gasteiger partial charge in [0.05, 0.1) is 18.2 Å². The van der Waals surface area contributed by atoms with Gasteiger partial charge in [0.2, 0.25) is 0 Å². The van der Waals surface area contributed by atoms with Gasteiger partial charge in [0.15, 0.2) is 5.16 Å². The Kier molecular flexibility index (Phi) is 6.02. The van der Waals surface area contributed by atoms with E-state index in [9.17, 15) is 9.59 Å². The van der Waals surface area contributed by atoms with Crippen molar-refractivity contribution in [2.75, 3.05) is 12.4 Å². The van der Waals surface area contributed by atoms with Gasteiger partial charge in [-0.05, 0) is 24.6 Å². The third kappa shape index (κ3) is 4.42. The molecular formula is C17H18ClN5O3S. The van der Waals surface area contributed by atoms with Crippen LogP contribution in [0.1, 0.15) is 18.5 Å². The first-order valence-corrected chi connectivity index (χ1v) is 9.56. The van der Waals surface area contributed by atoms with E-state index in [1.807, 2.05) is 7.05 Å². The minimum absolute atomic E-state index is 0.229. The number of carbonyl (C=O) groups excluding carboxylic acids is 2. The fourth-order valence-electron chi connectivity index (χ4n) is 2.63. The molecule has 0 bridgehead atoms. The number of carbonyl (C=O) groups is 2. The largest absolute Gasteiger partial charge is 0.463 e. The zero-order chi connectivity index (χ0) is 19.4. The maximum absolute atomic E-state index is 12.7. The topological polar surface area (TPSA) is 98.1 Å². The molecule has 1 aliphatic rings. The van der Waals surface area contributed by atoms with Crippen molar-refractivity contribution in [1.82, 2.24) is 25.4 Å². The summed E-state index contributed by atoms with van der Waals surface area (Å²) in [5.74, 6) is -0.156. The molecule has 27 heavy (non-hydrogen) atoms. The van der Waals surface area contributed by atoms with Gasteiger partial charge in [0.25, 0.3) is 0 Å². The molecule has 2 aromatic rings. The van der Waals surface area contributed by atoms with Crippen LogP contribution in [-0.4, -0.2) is 39.1 Å². The van der Waals surface area contributed by atoms with Crippen LogP contribution in [0.2, 0.25) is 5.02 Å². The van der Waals surface area contributed by atoms with Crippen LogP contribution in [0.5, 0.6) is 0 Å². The predicted octanol–water partition coefficient (Wildman–Crippen LogP) is 2.43. The van der Waals surface area contributed by atoms with E-state index in [0.29, 0.717) is 27.2 Å². The molecule has 2 N–H and O–H groups in total. The van der Waals surface area contributed by atoms with Gasteiger partial charge in [0.1, 0.15) is 6.33 Å². The molecule has 8 nitrogen and oxygen atoms in total. The molecule has 1 unspecified atom stereocenters. The SMILES string of the molecule is CCOC(=O)C1=C(CSc2nncn2C)NC(=O)NC1c1ccc(Cl)cc1. The molecule has 1 atom stereocenters. The highest BCUT2D eigenvalue weighted by Crippen LogP contribution is 2.30. The fraction of sp³-hybridized carbons (Fsp3) is 0.294. The van der Waals surface area contributed by atoms with Crippen LogP contribution in [0.15, 0.2) is 47.0 Å². The van der Waals surface area contributed by atoms with E-state index >= 15 is 0 Å². The minimum Gasteiger partial charge on any atom is -0.463 e. The molecule has 0 aliphatic carbocycles. The van der Waals surface area contributed by atoms with Gasteiger partial charge in [-0.15, -0.1) is 10.2 Å². The summed E-state index contributed by atoms with van der Waals surface area (Å²) in [5.41, 5.74) is 1.57. The second-order valence-corrected chi connectivity index (χ2v) is 7.09. The minimum atomic E-state index is -0.634. The lowest BCUT2D eigenvalue weighted by Crippen LogP contribution is -2.46. The van der Waals surface area contributed by atoms with Gasteiger partial charge >= 0.3 is 12.0 Å². The molecule has 1 aliphatic heterocycles. The standard InChI is InChI=1S/C17H18ClN5O3S/c1-3-26-15(24)13-12(8-27-17-22-19-9-23(17)2)20-16(25)21-14(13)10-4-6-11(18)7-5-10/h4-7,9,14H,3,8H2,1-2H3,(H2,20,21,25). The summed E-state index contributed by atoms with van der Waals surface area (Å²) in [4.78, 5) is 24.9. The summed E-state index contributed by atoms with van der Waals surface area (Å²) >= 11 is 7.32. The monoisotopic (exact) mass is 407 g/mol. The molecule has 2 heterocycles. The Morgan fingerprint density at radius 1 is 1.37 bits per heavy atom. The van der Waals surface area contributed by atoms with Gasteiger partial charge in [-0.3, -0.25) is 0 Å². The maximum Gasteiger partial charge on any atom is 0.338 e.